The number of halogens is 2. The van der Waals surface area contributed by atoms with Crippen molar-refractivity contribution in [3.63, 3.8) is 0 Å². The van der Waals surface area contributed by atoms with Crippen molar-refractivity contribution in [1.29, 1.82) is 0 Å². The molecule has 0 radical (unpaired) electrons. The minimum atomic E-state index is -0.689. The lowest BCUT2D eigenvalue weighted by atomic mass is 10.2. The van der Waals surface area contributed by atoms with Crippen molar-refractivity contribution in [2.24, 2.45) is 0 Å². The smallest absolute Gasteiger partial charge is 0.420 e. The normalized spacial score (nSPS) is 11.4. The zero-order valence-electron chi connectivity index (χ0n) is 16.4. The van der Waals surface area contributed by atoms with E-state index in [1.54, 1.807) is 63.2 Å². The number of ether oxygens (including phenoxy) is 2. The molecule has 0 bridgehead atoms. The molecule has 0 spiro atoms. The number of esters is 1. The molecule has 0 amide bonds. The summed E-state index contributed by atoms with van der Waals surface area (Å²) in [6.07, 6.45) is -0.572. The van der Waals surface area contributed by atoms with E-state index in [0.717, 1.165) is 0 Å². The van der Waals surface area contributed by atoms with E-state index in [1.807, 2.05) is 0 Å². The number of aromatic nitrogens is 1. The van der Waals surface area contributed by atoms with Crippen molar-refractivity contribution < 1.29 is 19.1 Å². The Bertz CT molecular complexity index is 1100. The summed E-state index contributed by atoms with van der Waals surface area (Å²) < 4.78 is 11.7. The third-order valence-electron chi connectivity index (χ3n) is 3.98. The third kappa shape index (κ3) is 4.66. The molecule has 1 aromatic heterocycles. The van der Waals surface area contributed by atoms with Gasteiger partial charge in [0.15, 0.2) is 0 Å². The van der Waals surface area contributed by atoms with E-state index in [9.17, 15) is 9.59 Å². The molecule has 0 aliphatic carbocycles. The Morgan fingerprint density at radius 1 is 1.03 bits per heavy atom. The molecule has 3 aromatic rings. The van der Waals surface area contributed by atoms with Crippen molar-refractivity contribution >= 4 is 57.7 Å². The van der Waals surface area contributed by atoms with Crippen LogP contribution in [0.15, 0.2) is 42.5 Å². The Hall–Kier alpha value is -2.70. The Morgan fingerprint density at radius 3 is 2.38 bits per heavy atom. The molecule has 0 aliphatic rings. The Labute approximate surface area is 178 Å². The summed E-state index contributed by atoms with van der Waals surface area (Å²) in [6.45, 7) is 5.36. The molecule has 1 heterocycles. The maximum absolute atomic E-state index is 12.9. The van der Waals surface area contributed by atoms with Crippen LogP contribution in [-0.4, -0.2) is 29.3 Å². The van der Waals surface area contributed by atoms with E-state index >= 15 is 0 Å². The lowest BCUT2D eigenvalue weighted by Crippen LogP contribution is -2.27. The van der Waals surface area contributed by atoms with Crippen molar-refractivity contribution in [3.05, 3.63) is 58.1 Å². The van der Waals surface area contributed by atoms with Crippen LogP contribution < -0.4 is 5.32 Å². The lowest BCUT2D eigenvalue weighted by molar-refractivity contribution is 0.0546. The first kappa shape index (κ1) is 21.0. The van der Waals surface area contributed by atoms with Gasteiger partial charge in [0.05, 0.1) is 28.2 Å². The molecule has 0 saturated carbocycles. The fourth-order valence-corrected chi connectivity index (χ4v) is 3.12. The van der Waals surface area contributed by atoms with Crippen LogP contribution in [0.25, 0.3) is 10.9 Å². The van der Waals surface area contributed by atoms with E-state index in [-0.39, 0.29) is 0 Å². The van der Waals surface area contributed by atoms with Gasteiger partial charge >= 0.3 is 12.1 Å². The molecule has 152 valence electrons. The van der Waals surface area contributed by atoms with Gasteiger partial charge in [-0.05, 0) is 57.2 Å². The van der Waals surface area contributed by atoms with E-state index < -0.39 is 17.7 Å². The van der Waals surface area contributed by atoms with Gasteiger partial charge in [0.25, 0.3) is 0 Å². The van der Waals surface area contributed by atoms with Gasteiger partial charge in [-0.2, -0.15) is 0 Å². The first-order valence-corrected chi connectivity index (χ1v) is 9.54. The van der Waals surface area contributed by atoms with Gasteiger partial charge in [0, 0.05) is 11.1 Å². The third-order valence-corrected chi connectivity index (χ3v) is 4.70. The first-order valence-electron chi connectivity index (χ1n) is 8.78. The number of methoxy groups -OCH3 is 1. The zero-order valence-corrected chi connectivity index (χ0v) is 17.9. The molecule has 0 atom stereocenters. The Kier molecular flexibility index (Phi) is 5.78. The second-order valence-electron chi connectivity index (χ2n) is 7.37. The van der Waals surface area contributed by atoms with E-state index in [1.165, 1.54) is 11.7 Å². The SMILES string of the molecule is COC(=O)c1cccc(Nc2cc3cc(Cl)c(Cl)cc3n2C(=O)OC(C)(C)C)c1. The number of carbonyl (C=O) groups is 2. The first-order chi connectivity index (χ1) is 13.6. The number of fused-ring (bicyclic) bond motifs is 1. The minimum Gasteiger partial charge on any atom is -0.465 e. The number of nitrogens with one attached hydrogen (secondary N) is 1. The number of carbonyl (C=O) groups excluding carboxylic acids is 2. The number of hydrogen-bond acceptors (Lipinski definition) is 5. The van der Waals surface area contributed by atoms with Crippen LogP contribution in [0.2, 0.25) is 10.0 Å². The minimum absolute atomic E-state index is 0.321. The van der Waals surface area contributed by atoms with Gasteiger partial charge in [-0.1, -0.05) is 29.3 Å². The van der Waals surface area contributed by atoms with Crippen LogP contribution in [0.3, 0.4) is 0 Å². The maximum Gasteiger partial charge on any atom is 0.420 e. The number of hydrogen-bond donors (Lipinski definition) is 1. The predicted molar refractivity (Wildman–Crippen MR) is 115 cm³/mol. The number of benzene rings is 2. The van der Waals surface area contributed by atoms with Gasteiger partial charge in [-0.25, -0.2) is 14.2 Å². The maximum atomic E-state index is 12.9. The highest BCUT2D eigenvalue weighted by atomic mass is 35.5. The van der Waals surface area contributed by atoms with Crippen LogP contribution >= 0.6 is 23.2 Å². The van der Waals surface area contributed by atoms with Crippen molar-refractivity contribution in [2.75, 3.05) is 12.4 Å². The van der Waals surface area contributed by atoms with Gasteiger partial charge in [0.2, 0.25) is 0 Å². The molecule has 0 unspecified atom stereocenters. The van der Waals surface area contributed by atoms with E-state index in [0.29, 0.717) is 38.0 Å². The van der Waals surface area contributed by atoms with Gasteiger partial charge in [0.1, 0.15) is 11.4 Å². The quantitative estimate of drug-likeness (QED) is 0.492. The summed E-state index contributed by atoms with van der Waals surface area (Å²) >= 11 is 12.3. The van der Waals surface area contributed by atoms with Crippen LogP contribution in [0.5, 0.6) is 0 Å². The monoisotopic (exact) mass is 434 g/mol. The average Bonchev–Trinajstić information content (AvgIpc) is 2.97. The fraction of sp³-hybridized carbons (Fsp3) is 0.238. The van der Waals surface area contributed by atoms with Crippen molar-refractivity contribution in [2.45, 2.75) is 26.4 Å². The molecule has 0 fully saturated rings. The Balaban J connectivity index is 2.10. The van der Waals surface area contributed by atoms with Gasteiger partial charge in [-0.3, -0.25) is 0 Å². The number of rotatable bonds is 3. The van der Waals surface area contributed by atoms with E-state index in [2.05, 4.69) is 5.32 Å². The standard InChI is InChI=1S/C21H20Cl2N2O4/c1-21(2,3)29-20(27)25-17-11-16(23)15(22)9-13(17)10-18(25)24-14-7-5-6-12(8-14)19(26)28-4/h5-11,24H,1-4H3. The highest BCUT2D eigenvalue weighted by Crippen LogP contribution is 2.33. The predicted octanol–water partition coefficient (Wildman–Crippen LogP) is 6.26. The Morgan fingerprint density at radius 2 is 1.72 bits per heavy atom. The molecule has 6 nitrogen and oxygen atoms in total. The molecule has 1 N–H and O–H groups in total. The van der Waals surface area contributed by atoms with Crippen LogP contribution in [-0.2, 0) is 9.47 Å². The lowest BCUT2D eigenvalue weighted by Gasteiger charge is -2.21. The molecule has 0 saturated heterocycles. The molecule has 2 aromatic carbocycles. The number of nitrogens with zero attached hydrogens (tertiary/aromatic N) is 1. The van der Waals surface area contributed by atoms with Crippen LogP contribution in [0.4, 0.5) is 16.3 Å². The van der Waals surface area contributed by atoms with Crippen molar-refractivity contribution in [1.82, 2.24) is 4.57 Å². The summed E-state index contributed by atoms with van der Waals surface area (Å²) in [7, 11) is 1.32. The van der Waals surface area contributed by atoms with Crippen LogP contribution in [0, 0.1) is 0 Å². The van der Waals surface area contributed by atoms with Crippen molar-refractivity contribution in [3.8, 4) is 0 Å². The second-order valence-corrected chi connectivity index (χ2v) is 8.18. The summed E-state index contributed by atoms with van der Waals surface area (Å²) in [5.74, 6) is -0.0190. The number of anilines is 2. The van der Waals surface area contributed by atoms with Crippen LogP contribution in [0.1, 0.15) is 31.1 Å². The molecule has 8 heteroatoms. The van der Waals surface area contributed by atoms with Gasteiger partial charge < -0.3 is 14.8 Å². The topological polar surface area (TPSA) is 69.6 Å². The summed E-state index contributed by atoms with van der Waals surface area (Å²) in [5.41, 5.74) is 0.827. The largest absolute Gasteiger partial charge is 0.465 e. The zero-order chi connectivity index (χ0) is 21.3. The summed E-state index contributed by atoms with van der Waals surface area (Å²) in [5, 5.41) is 4.56. The highest BCUT2D eigenvalue weighted by Gasteiger charge is 2.23. The second kappa shape index (κ2) is 7.97. The highest BCUT2D eigenvalue weighted by molar-refractivity contribution is 6.42. The average molecular weight is 435 g/mol. The van der Waals surface area contributed by atoms with Gasteiger partial charge in [-0.15, -0.1) is 0 Å². The molecule has 29 heavy (non-hydrogen) atoms. The molecule has 3 rings (SSSR count). The fourth-order valence-electron chi connectivity index (χ4n) is 2.79. The molecule has 0 aliphatic heterocycles. The van der Waals surface area contributed by atoms with E-state index in [4.69, 9.17) is 32.7 Å². The molecular weight excluding hydrogens is 415 g/mol. The molecular formula is C21H20Cl2N2O4. The summed E-state index contributed by atoms with van der Waals surface area (Å²) in [6, 6.07) is 11.8. The summed E-state index contributed by atoms with van der Waals surface area (Å²) in [4.78, 5) is 24.7.